The molecule has 4 rings (SSSR count). The molecule has 29 heavy (non-hydrogen) atoms. The van der Waals surface area contributed by atoms with Gasteiger partial charge in [-0.1, -0.05) is 12.1 Å². The number of carbonyl (C=O) groups excluding carboxylic acids is 1. The molecule has 1 unspecified atom stereocenters. The lowest BCUT2D eigenvalue weighted by molar-refractivity contribution is -0.121. The monoisotopic (exact) mass is 393 g/mol. The number of pyridine rings is 1. The molecule has 0 saturated heterocycles. The van der Waals surface area contributed by atoms with Crippen molar-refractivity contribution in [2.24, 2.45) is 0 Å². The van der Waals surface area contributed by atoms with E-state index in [4.69, 9.17) is 0 Å². The predicted molar refractivity (Wildman–Crippen MR) is 109 cm³/mol. The number of carbonyl (C=O) groups is 1. The molecule has 0 aliphatic heterocycles. The molecule has 1 N–H and O–H groups in total. The van der Waals surface area contributed by atoms with Crippen molar-refractivity contribution in [2.75, 3.05) is 6.54 Å². The molecule has 1 amide bonds. The number of hydrogen-bond acceptors (Lipinski definition) is 5. The summed E-state index contributed by atoms with van der Waals surface area (Å²) in [5, 5.41) is 12.4. The van der Waals surface area contributed by atoms with E-state index < -0.39 is 0 Å². The van der Waals surface area contributed by atoms with Crippen LogP contribution in [0, 0.1) is 13.8 Å². The van der Waals surface area contributed by atoms with E-state index in [1.807, 2.05) is 45.0 Å². The largest absolute Gasteiger partial charge is 0.354 e. The molecule has 0 aliphatic rings. The molecular formula is C20H23N7O2. The molecule has 1 aromatic carbocycles. The quantitative estimate of drug-likeness (QED) is 0.537. The fourth-order valence-electron chi connectivity index (χ4n) is 3.47. The van der Waals surface area contributed by atoms with Crippen LogP contribution in [0.3, 0.4) is 0 Å². The van der Waals surface area contributed by atoms with Crippen LogP contribution in [0.1, 0.15) is 30.5 Å². The fourth-order valence-corrected chi connectivity index (χ4v) is 3.47. The average molecular weight is 393 g/mol. The van der Waals surface area contributed by atoms with E-state index >= 15 is 0 Å². The molecule has 0 bridgehead atoms. The molecule has 9 nitrogen and oxygen atoms in total. The standard InChI is InChI=1S/C20H23N7O2/c1-13-4-5-16-9-14(2)19-24-25(20(29)27(19)17(16)8-13)7-6-22-18(28)10-15(3)26-12-21-11-23-26/h4-5,8-9,11-12,15H,6-7,10H2,1-3H3,(H,22,28). The Bertz CT molecular complexity index is 1240. The number of benzene rings is 1. The van der Waals surface area contributed by atoms with Gasteiger partial charge >= 0.3 is 5.69 Å². The van der Waals surface area contributed by atoms with E-state index in [0.717, 1.165) is 22.0 Å². The van der Waals surface area contributed by atoms with Crippen molar-refractivity contribution in [3.8, 4) is 0 Å². The molecule has 0 radical (unpaired) electrons. The molecule has 0 fully saturated rings. The van der Waals surface area contributed by atoms with Gasteiger partial charge in [0.1, 0.15) is 12.7 Å². The summed E-state index contributed by atoms with van der Waals surface area (Å²) >= 11 is 0. The Hall–Kier alpha value is -3.49. The maximum atomic E-state index is 12.9. The Morgan fingerprint density at radius 1 is 1.24 bits per heavy atom. The Kier molecular flexibility index (Phi) is 4.87. The van der Waals surface area contributed by atoms with E-state index in [-0.39, 0.29) is 24.1 Å². The van der Waals surface area contributed by atoms with Crippen molar-refractivity contribution in [3.63, 3.8) is 0 Å². The summed E-state index contributed by atoms with van der Waals surface area (Å²) in [4.78, 5) is 29.0. The highest BCUT2D eigenvalue weighted by atomic mass is 16.2. The third-order valence-electron chi connectivity index (χ3n) is 5.01. The van der Waals surface area contributed by atoms with Gasteiger partial charge in [-0.3, -0.25) is 4.79 Å². The van der Waals surface area contributed by atoms with Gasteiger partial charge in [-0.2, -0.15) is 5.10 Å². The zero-order chi connectivity index (χ0) is 20.5. The first-order valence-electron chi connectivity index (χ1n) is 9.54. The van der Waals surface area contributed by atoms with Crippen LogP contribution in [0.4, 0.5) is 0 Å². The number of amides is 1. The van der Waals surface area contributed by atoms with Crippen LogP contribution in [0.25, 0.3) is 16.6 Å². The number of nitrogens with one attached hydrogen (secondary N) is 1. The van der Waals surface area contributed by atoms with Gasteiger partial charge in [-0.15, -0.1) is 5.10 Å². The zero-order valence-electron chi connectivity index (χ0n) is 16.7. The van der Waals surface area contributed by atoms with Gasteiger partial charge in [-0.25, -0.2) is 23.5 Å². The molecule has 0 saturated carbocycles. The topological polar surface area (TPSA) is 99.1 Å². The van der Waals surface area contributed by atoms with Crippen molar-refractivity contribution >= 4 is 22.5 Å². The minimum absolute atomic E-state index is 0.0901. The molecule has 150 valence electrons. The summed E-state index contributed by atoms with van der Waals surface area (Å²) in [6, 6.07) is 7.97. The summed E-state index contributed by atoms with van der Waals surface area (Å²) in [5.41, 5.74) is 3.29. The fraction of sp³-hybridized carbons (Fsp3) is 0.350. The normalized spacial score (nSPS) is 12.5. The second-order valence-corrected chi connectivity index (χ2v) is 7.33. The Labute approximate surface area is 167 Å². The second kappa shape index (κ2) is 7.50. The van der Waals surface area contributed by atoms with Gasteiger partial charge in [-0.05, 0) is 49.4 Å². The van der Waals surface area contributed by atoms with Crippen LogP contribution >= 0.6 is 0 Å². The van der Waals surface area contributed by atoms with Crippen LogP contribution in [-0.2, 0) is 11.3 Å². The number of fused-ring (bicyclic) bond motifs is 3. The Balaban J connectivity index is 1.50. The second-order valence-electron chi connectivity index (χ2n) is 7.33. The molecule has 0 aliphatic carbocycles. The first-order chi connectivity index (χ1) is 13.9. The van der Waals surface area contributed by atoms with Crippen LogP contribution in [-0.4, -0.2) is 41.4 Å². The lowest BCUT2D eigenvalue weighted by Gasteiger charge is -2.11. The summed E-state index contributed by atoms with van der Waals surface area (Å²) in [5.74, 6) is -0.109. The van der Waals surface area contributed by atoms with E-state index in [9.17, 15) is 9.59 Å². The molecular weight excluding hydrogens is 370 g/mol. The maximum absolute atomic E-state index is 12.9. The van der Waals surface area contributed by atoms with Crippen LogP contribution < -0.4 is 11.0 Å². The summed E-state index contributed by atoms with van der Waals surface area (Å²) in [7, 11) is 0. The lowest BCUT2D eigenvalue weighted by atomic mass is 10.1. The van der Waals surface area contributed by atoms with Gasteiger partial charge in [0.05, 0.1) is 18.1 Å². The highest BCUT2D eigenvalue weighted by molar-refractivity contribution is 5.84. The minimum atomic E-state index is -0.204. The van der Waals surface area contributed by atoms with Crippen LogP contribution in [0.15, 0.2) is 41.7 Å². The number of rotatable bonds is 6. The van der Waals surface area contributed by atoms with Crippen molar-refractivity contribution in [2.45, 2.75) is 39.8 Å². The summed E-state index contributed by atoms with van der Waals surface area (Å²) in [6.45, 7) is 6.46. The van der Waals surface area contributed by atoms with E-state index in [2.05, 4.69) is 20.5 Å². The molecule has 1 atom stereocenters. The van der Waals surface area contributed by atoms with Gasteiger partial charge in [0.15, 0.2) is 5.65 Å². The van der Waals surface area contributed by atoms with Crippen molar-refractivity contribution in [1.82, 2.24) is 34.3 Å². The average Bonchev–Trinajstić information content (AvgIpc) is 3.32. The molecule has 3 heterocycles. The zero-order valence-corrected chi connectivity index (χ0v) is 16.7. The number of nitrogens with zero attached hydrogens (tertiary/aromatic N) is 6. The molecule has 0 spiro atoms. The third-order valence-corrected chi connectivity index (χ3v) is 5.01. The maximum Gasteiger partial charge on any atom is 0.350 e. The molecule has 4 aromatic rings. The van der Waals surface area contributed by atoms with E-state index in [0.29, 0.717) is 18.7 Å². The van der Waals surface area contributed by atoms with Crippen molar-refractivity contribution < 1.29 is 4.79 Å². The SMILES string of the molecule is Cc1ccc2cc(C)c3nn(CCNC(=O)CC(C)n4cncn4)c(=O)n3c2c1. The van der Waals surface area contributed by atoms with E-state index in [1.54, 1.807) is 15.4 Å². The third kappa shape index (κ3) is 3.63. The smallest absolute Gasteiger partial charge is 0.350 e. The number of aromatic nitrogens is 6. The molecule has 3 aromatic heterocycles. The Morgan fingerprint density at radius 2 is 2.07 bits per heavy atom. The van der Waals surface area contributed by atoms with Gasteiger partial charge in [0.2, 0.25) is 5.91 Å². The highest BCUT2D eigenvalue weighted by Crippen LogP contribution is 2.19. The van der Waals surface area contributed by atoms with E-state index in [1.165, 1.54) is 11.0 Å². The first-order valence-corrected chi connectivity index (χ1v) is 9.54. The lowest BCUT2D eigenvalue weighted by Crippen LogP contribution is -2.32. The van der Waals surface area contributed by atoms with Crippen molar-refractivity contribution in [1.29, 1.82) is 0 Å². The summed E-state index contributed by atoms with van der Waals surface area (Å²) < 4.78 is 4.69. The Morgan fingerprint density at radius 3 is 2.83 bits per heavy atom. The van der Waals surface area contributed by atoms with Crippen LogP contribution in [0.2, 0.25) is 0 Å². The van der Waals surface area contributed by atoms with Crippen molar-refractivity contribution in [3.05, 3.63) is 58.5 Å². The molecule has 9 heteroatoms. The number of aryl methyl sites for hydroxylation is 2. The van der Waals surface area contributed by atoms with Gasteiger partial charge in [0, 0.05) is 13.0 Å². The minimum Gasteiger partial charge on any atom is -0.354 e. The number of hydrogen-bond donors (Lipinski definition) is 1. The predicted octanol–water partition coefficient (Wildman–Crippen LogP) is 1.63. The summed E-state index contributed by atoms with van der Waals surface area (Å²) in [6.07, 6.45) is 3.31. The van der Waals surface area contributed by atoms with Gasteiger partial charge in [0.25, 0.3) is 0 Å². The highest BCUT2D eigenvalue weighted by Gasteiger charge is 2.14. The first kappa shape index (κ1) is 18.9. The van der Waals surface area contributed by atoms with Gasteiger partial charge < -0.3 is 5.32 Å². The van der Waals surface area contributed by atoms with Crippen LogP contribution in [0.5, 0.6) is 0 Å².